The van der Waals surface area contributed by atoms with Gasteiger partial charge in [0.15, 0.2) is 0 Å². The van der Waals surface area contributed by atoms with Crippen LogP contribution in [-0.4, -0.2) is 35.1 Å². The summed E-state index contributed by atoms with van der Waals surface area (Å²) in [6.45, 7) is 1.51. The zero-order chi connectivity index (χ0) is 12.1. The number of hydrogen-bond donors (Lipinski definition) is 1. The summed E-state index contributed by atoms with van der Waals surface area (Å²) in [5.74, 6) is 0.113. The molecule has 3 nitrogen and oxygen atoms in total. The average molecular weight is 233 g/mol. The van der Waals surface area contributed by atoms with Gasteiger partial charge in [0.1, 0.15) is 0 Å². The summed E-state index contributed by atoms with van der Waals surface area (Å²) in [5, 5.41) is 9.55. The Balaban J connectivity index is 1.99. The Labute approximate surface area is 102 Å². The van der Waals surface area contributed by atoms with Gasteiger partial charge in [-0.15, -0.1) is 0 Å². The van der Waals surface area contributed by atoms with Crippen LogP contribution in [0.25, 0.3) is 0 Å². The van der Waals surface area contributed by atoms with Crippen molar-refractivity contribution in [2.24, 2.45) is 0 Å². The molecule has 0 radical (unpaired) electrons. The monoisotopic (exact) mass is 233 g/mol. The lowest BCUT2D eigenvalue weighted by Gasteiger charge is -2.26. The summed E-state index contributed by atoms with van der Waals surface area (Å²) in [4.78, 5) is 14.1. The quantitative estimate of drug-likeness (QED) is 0.806. The Morgan fingerprint density at radius 2 is 1.71 bits per heavy atom. The molecule has 1 fully saturated rings. The molecule has 1 amide bonds. The molecule has 0 atom stereocenters. The molecular weight excluding hydrogens is 214 g/mol. The van der Waals surface area contributed by atoms with Crippen molar-refractivity contribution in [2.45, 2.75) is 31.8 Å². The zero-order valence-electron chi connectivity index (χ0n) is 10.0. The van der Waals surface area contributed by atoms with E-state index in [0.29, 0.717) is 0 Å². The molecule has 0 aliphatic carbocycles. The average Bonchev–Trinajstić information content (AvgIpc) is 2.34. The van der Waals surface area contributed by atoms with E-state index in [1.807, 2.05) is 35.2 Å². The van der Waals surface area contributed by atoms with Crippen molar-refractivity contribution in [1.29, 1.82) is 0 Å². The minimum absolute atomic E-state index is 0.113. The Morgan fingerprint density at radius 1 is 1.12 bits per heavy atom. The maximum absolute atomic E-state index is 12.2. The van der Waals surface area contributed by atoms with E-state index in [9.17, 15) is 9.90 Å². The van der Waals surface area contributed by atoms with Gasteiger partial charge in [0, 0.05) is 18.7 Å². The van der Waals surface area contributed by atoms with Crippen LogP contribution in [0.1, 0.15) is 36.0 Å². The van der Waals surface area contributed by atoms with Gasteiger partial charge in [-0.1, -0.05) is 18.2 Å². The minimum Gasteiger partial charge on any atom is -0.393 e. The molecule has 1 aromatic rings. The van der Waals surface area contributed by atoms with Gasteiger partial charge in [0.25, 0.3) is 5.91 Å². The van der Waals surface area contributed by atoms with Crippen LogP contribution in [0.3, 0.4) is 0 Å². The van der Waals surface area contributed by atoms with E-state index in [4.69, 9.17) is 0 Å². The first-order chi connectivity index (χ1) is 8.27. The molecule has 1 N–H and O–H groups in total. The fourth-order valence-electron chi connectivity index (χ4n) is 2.26. The largest absolute Gasteiger partial charge is 0.393 e. The molecule has 1 aliphatic heterocycles. The highest BCUT2D eigenvalue weighted by Gasteiger charge is 2.18. The van der Waals surface area contributed by atoms with Crippen LogP contribution in [-0.2, 0) is 0 Å². The fraction of sp³-hybridized carbons (Fsp3) is 0.500. The van der Waals surface area contributed by atoms with Crippen LogP contribution < -0.4 is 0 Å². The number of nitrogens with zero attached hydrogens (tertiary/aromatic N) is 1. The Bertz CT molecular complexity index is 354. The second kappa shape index (κ2) is 5.82. The van der Waals surface area contributed by atoms with Crippen LogP contribution in [0.5, 0.6) is 0 Å². The molecule has 1 aliphatic rings. The van der Waals surface area contributed by atoms with Gasteiger partial charge in [-0.05, 0) is 37.8 Å². The van der Waals surface area contributed by atoms with Crippen LogP contribution >= 0.6 is 0 Å². The lowest BCUT2D eigenvalue weighted by molar-refractivity contribution is 0.0687. The van der Waals surface area contributed by atoms with Gasteiger partial charge in [-0.3, -0.25) is 4.79 Å². The molecule has 1 aromatic carbocycles. The summed E-state index contributed by atoms with van der Waals surface area (Å²) in [5.41, 5.74) is 0.758. The van der Waals surface area contributed by atoms with Crippen LogP contribution in [0.4, 0.5) is 0 Å². The number of aliphatic hydroxyl groups is 1. The third kappa shape index (κ3) is 3.30. The summed E-state index contributed by atoms with van der Waals surface area (Å²) in [6.07, 6.45) is 3.21. The smallest absolute Gasteiger partial charge is 0.253 e. The summed E-state index contributed by atoms with van der Waals surface area (Å²) in [7, 11) is 0. The number of amides is 1. The van der Waals surface area contributed by atoms with E-state index in [2.05, 4.69) is 0 Å². The number of rotatable bonds is 1. The van der Waals surface area contributed by atoms with Crippen molar-refractivity contribution in [3.63, 3.8) is 0 Å². The first-order valence-corrected chi connectivity index (χ1v) is 6.30. The van der Waals surface area contributed by atoms with E-state index in [0.717, 1.165) is 44.3 Å². The number of likely N-dealkylation sites (tertiary alicyclic amines) is 1. The third-order valence-electron chi connectivity index (χ3n) is 3.24. The number of hydrogen-bond acceptors (Lipinski definition) is 2. The van der Waals surface area contributed by atoms with Gasteiger partial charge in [-0.2, -0.15) is 0 Å². The van der Waals surface area contributed by atoms with Gasteiger partial charge in [-0.25, -0.2) is 0 Å². The van der Waals surface area contributed by atoms with E-state index in [1.54, 1.807) is 0 Å². The highest BCUT2D eigenvalue weighted by Crippen LogP contribution is 2.14. The molecule has 2 rings (SSSR count). The van der Waals surface area contributed by atoms with Gasteiger partial charge in [0.2, 0.25) is 0 Å². The molecule has 3 heteroatoms. The topological polar surface area (TPSA) is 40.5 Å². The zero-order valence-corrected chi connectivity index (χ0v) is 10.0. The Kier molecular flexibility index (Phi) is 4.15. The SMILES string of the molecule is O=C(c1ccccc1)N1CCCC(O)CCC1. The standard InChI is InChI=1S/C14H19NO2/c16-13-8-4-10-15(11-5-9-13)14(17)12-6-2-1-3-7-12/h1-3,6-7,13,16H,4-5,8-11H2. The lowest BCUT2D eigenvalue weighted by atomic mass is 10.0. The van der Waals surface area contributed by atoms with Crippen molar-refractivity contribution in [1.82, 2.24) is 4.90 Å². The summed E-state index contributed by atoms with van der Waals surface area (Å²) in [6, 6.07) is 9.41. The van der Waals surface area contributed by atoms with E-state index < -0.39 is 0 Å². The van der Waals surface area contributed by atoms with Crippen molar-refractivity contribution < 1.29 is 9.90 Å². The summed E-state index contributed by atoms with van der Waals surface area (Å²) < 4.78 is 0. The molecule has 0 unspecified atom stereocenters. The number of carbonyl (C=O) groups excluding carboxylic acids is 1. The van der Waals surface area contributed by atoms with Crippen molar-refractivity contribution in [2.75, 3.05) is 13.1 Å². The molecule has 92 valence electrons. The molecule has 0 saturated carbocycles. The maximum Gasteiger partial charge on any atom is 0.253 e. The normalized spacial score (nSPS) is 18.5. The van der Waals surface area contributed by atoms with E-state index in [-0.39, 0.29) is 12.0 Å². The number of benzene rings is 1. The first kappa shape index (κ1) is 12.1. The third-order valence-corrected chi connectivity index (χ3v) is 3.24. The second-order valence-corrected chi connectivity index (χ2v) is 4.60. The Hall–Kier alpha value is -1.35. The number of carbonyl (C=O) groups is 1. The lowest BCUT2D eigenvalue weighted by Crippen LogP contribution is -2.35. The van der Waals surface area contributed by atoms with E-state index in [1.165, 1.54) is 0 Å². The predicted molar refractivity (Wildman–Crippen MR) is 66.8 cm³/mol. The van der Waals surface area contributed by atoms with Crippen LogP contribution in [0.15, 0.2) is 30.3 Å². The fourth-order valence-corrected chi connectivity index (χ4v) is 2.26. The van der Waals surface area contributed by atoms with Crippen molar-refractivity contribution >= 4 is 5.91 Å². The Morgan fingerprint density at radius 3 is 2.29 bits per heavy atom. The molecule has 0 bridgehead atoms. The van der Waals surface area contributed by atoms with Crippen molar-refractivity contribution in [3.05, 3.63) is 35.9 Å². The minimum atomic E-state index is -0.177. The number of aliphatic hydroxyl groups excluding tert-OH is 1. The molecule has 0 aromatic heterocycles. The van der Waals surface area contributed by atoms with Gasteiger partial charge in [0.05, 0.1) is 6.10 Å². The molecule has 1 saturated heterocycles. The van der Waals surface area contributed by atoms with Gasteiger partial charge >= 0.3 is 0 Å². The van der Waals surface area contributed by atoms with E-state index >= 15 is 0 Å². The maximum atomic E-state index is 12.2. The molecule has 17 heavy (non-hydrogen) atoms. The predicted octanol–water partition coefficient (Wildman–Crippen LogP) is 2.06. The highest BCUT2D eigenvalue weighted by atomic mass is 16.3. The summed E-state index contributed by atoms with van der Waals surface area (Å²) >= 11 is 0. The molecule has 0 spiro atoms. The van der Waals surface area contributed by atoms with Crippen LogP contribution in [0.2, 0.25) is 0 Å². The highest BCUT2D eigenvalue weighted by molar-refractivity contribution is 5.94. The first-order valence-electron chi connectivity index (χ1n) is 6.30. The molecular formula is C14H19NO2. The molecule has 1 heterocycles. The van der Waals surface area contributed by atoms with Crippen LogP contribution in [0, 0.1) is 0 Å². The van der Waals surface area contributed by atoms with Gasteiger partial charge < -0.3 is 10.0 Å². The second-order valence-electron chi connectivity index (χ2n) is 4.60. The van der Waals surface area contributed by atoms with Crippen molar-refractivity contribution in [3.8, 4) is 0 Å².